The van der Waals surface area contributed by atoms with Crippen molar-refractivity contribution in [2.45, 2.75) is 45.3 Å². The quantitative estimate of drug-likeness (QED) is 0.624. The number of hydrogen-bond donors (Lipinski definition) is 2. The Labute approximate surface area is 136 Å². The Morgan fingerprint density at radius 3 is 2.70 bits per heavy atom. The van der Waals surface area contributed by atoms with Gasteiger partial charge >= 0.3 is 12.1 Å². The number of carbonyl (C=O) groups excluding carboxylic acids is 1. The van der Waals surface area contributed by atoms with Crippen LogP contribution in [0.3, 0.4) is 0 Å². The zero-order valence-electron chi connectivity index (χ0n) is 13.5. The second-order valence-corrected chi connectivity index (χ2v) is 6.17. The van der Waals surface area contributed by atoms with Gasteiger partial charge in [0.15, 0.2) is 0 Å². The molecule has 3 atom stereocenters. The van der Waals surface area contributed by atoms with E-state index in [-0.39, 0.29) is 11.9 Å². The first kappa shape index (κ1) is 17.1. The van der Waals surface area contributed by atoms with Crippen molar-refractivity contribution in [2.75, 3.05) is 0 Å². The van der Waals surface area contributed by atoms with Crippen molar-refractivity contribution in [1.29, 1.82) is 0 Å². The van der Waals surface area contributed by atoms with Crippen molar-refractivity contribution in [1.82, 2.24) is 5.32 Å². The molecule has 2 N–H and O–H groups in total. The Morgan fingerprint density at radius 2 is 2.09 bits per heavy atom. The van der Waals surface area contributed by atoms with E-state index in [1.54, 1.807) is 0 Å². The van der Waals surface area contributed by atoms with Gasteiger partial charge in [-0.15, -0.1) is 0 Å². The van der Waals surface area contributed by atoms with Crippen LogP contribution < -0.4 is 5.32 Å². The fourth-order valence-corrected chi connectivity index (χ4v) is 2.79. The topological polar surface area (TPSA) is 75.6 Å². The van der Waals surface area contributed by atoms with Crippen LogP contribution in [-0.4, -0.2) is 29.3 Å². The summed E-state index contributed by atoms with van der Waals surface area (Å²) in [7, 11) is 0. The highest BCUT2D eigenvalue weighted by Crippen LogP contribution is 2.28. The maximum absolute atomic E-state index is 12.0. The third-order valence-electron chi connectivity index (χ3n) is 3.98. The van der Waals surface area contributed by atoms with Crippen molar-refractivity contribution in [3.63, 3.8) is 0 Å². The van der Waals surface area contributed by atoms with Gasteiger partial charge in [0.1, 0.15) is 6.10 Å². The zero-order valence-corrected chi connectivity index (χ0v) is 13.5. The Hall–Kier alpha value is -2.30. The summed E-state index contributed by atoms with van der Waals surface area (Å²) in [5.41, 5.74) is 2.17. The number of carboxylic acid groups (broad SMARTS) is 1. The molecule has 1 heterocycles. The molecule has 23 heavy (non-hydrogen) atoms. The summed E-state index contributed by atoms with van der Waals surface area (Å²) in [5.74, 6) is -0.429. The minimum Gasteiger partial charge on any atom is -0.465 e. The van der Waals surface area contributed by atoms with Crippen LogP contribution in [0.25, 0.3) is 0 Å². The standard InChI is InChI=1S/C18H23NO4/c1-12(2)8-9-14-11-16(23-17(14)20)15(19-18(21)22)10-13-6-4-3-5-7-13/h3-8,14-16,19H,9-11H2,1-2H3,(H,21,22)/t14-,15+,16+/m1/s1. The smallest absolute Gasteiger partial charge is 0.405 e. The predicted octanol–water partition coefficient (Wildman–Crippen LogP) is 3.15. The SMILES string of the molecule is CC(C)=CC[C@@H]1C[C@@H]([C@H](Cc2ccccc2)NC(=O)O)OC1=O. The molecule has 0 aliphatic carbocycles. The molecule has 0 bridgehead atoms. The third kappa shape index (κ3) is 5.13. The van der Waals surface area contributed by atoms with Gasteiger partial charge in [-0.25, -0.2) is 4.79 Å². The Morgan fingerprint density at radius 1 is 1.39 bits per heavy atom. The highest BCUT2D eigenvalue weighted by molar-refractivity contribution is 5.75. The van der Waals surface area contributed by atoms with E-state index in [1.807, 2.05) is 50.3 Å². The normalized spacial score (nSPS) is 21.4. The van der Waals surface area contributed by atoms with Gasteiger partial charge in [0.05, 0.1) is 12.0 Å². The first-order valence-corrected chi connectivity index (χ1v) is 7.83. The molecule has 1 aromatic carbocycles. The van der Waals surface area contributed by atoms with Crippen LogP contribution in [0.5, 0.6) is 0 Å². The maximum atomic E-state index is 12.0. The van der Waals surface area contributed by atoms with Crippen LogP contribution in [0.2, 0.25) is 0 Å². The first-order valence-electron chi connectivity index (χ1n) is 7.83. The fraction of sp³-hybridized carbons (Fsp3) is 0.444. The van der Waals surface area contributed by atoms with Crippen molar-refractivity contribution < 1.29 is 19.4 Å². The van der Waals surface area contributed by atoms with Crippen molar-refractivity contribution >= 4 is 12.1 Å². The Balaban J connectivity index is 2.06. The molecule has 5 heteroatoms. The van der Waals surface area contributed by atoms with Gasteiger partial charge in [-0.2, -0.15) is 0 Å². The van der Waals surface area contributed by atoms with Gasteiger partial charge in [-0.1, -0.05) is 42.0 Å². The first-order chi connectivity index (χ1) is 11.0. The third-order valence-corrected chi connectivity index (χ3v) is 3.98. The average molecular weight is 317 g/mol. The molecular formula is C18H23NO4. The van der Waals surface area contributed by atoms with E-state index in [4.69, 9.17) is 9.84 Å². The van der Waals surface area contributed by atoms with Crippen molar-refractivity contribution in [3.05, 3.63) is 47.5 Å². The number of carbonyl (C=O) groups is 2. The van der Waals surface area contributed by atoms with Crippen LogP contribution in [0.4, 0.5) is 4.79 Å². The van der Waals surface area contributed by atoms with E-state index in [2.05, 4.69) is 5.32 Å². The summed E-state index contributed by atoms with van der Waals surface area (Å²) in [6.45, 7) is 3.98. The van der Waals surface area contributed by atoms with Crippen molar-refractivity contribution in [3.8, 4) is 0 Å². The van der Waals surface area contributed by atoms with E-state index in [9.17, 15) is 9.59 Å². The largest absolute Gasteiger partial charge is 0.465 e. The van der Waals surface area contributed by atoms with E-state index < -0.39 is 18.2 Å². The molecule has 124 valence electrons. The van der Waals surface area contributed by atoms with Gasteiger partial charge < -0.3 is 15.2 Å². The molecule has 1 fully saturated rings. The number of nitrogens with one attached hydrogen (secondary N) is 1. The van der Waals surface area contributed by atoms with Crippen LogP contribution in [-0.2, 0) is 16.0 Å². The number of esters is 1. The van der Waals surface area contributed by atoms with Crippen LogP contribution in [0, 0.1) is 5.92 Å². The number of rotatable bonds is 6. The summed E-state index contributed by atoms with van der Waals surface area (Å²) in [6.07, 6.45) is 2.18. The number of benzene rings is 1. The fourth-order valence-electron chi connectivity index (χ4n) is 2.79. The van der Waals surface area contributed by atoms with Gasteiger partial charge in [-0.05, 0) is 38.7 Å². The summed E-state index contributed by atoms with van der Waals surface area (Å²) < 4.78 is 5.45. The van der Waals surface area contributed by atoms with Crippen molar-refractivity contribution in [2.24, 2.45) is 5.92 Å². The van der Waals surface area contributed by atoms with Crippen LogP contribution >= 0.6 is 0 Å². The lowest BCUT2D eigenvalue weighted by Crippen LogP contribution is -2.44. The zero-order chi connectivity index (χ0) is 16.8. The molecule has 2 rings (SSSR count). The Bertz CT molecular complexity index is 578. The molecule has 0 spiro atoms. The van der Waals surface area contributed by atoms with Crippen LogP contribution in [0.15, 0.2) is 42.0 Å². The lowest BCUT2D eigenvalue weighted by Gasteiger charge is -2.22. The van der Waals surface area contributed by atoms with Gasteiger partial charge in [-0.3, -0.25) is 4.79 Å². The summed E-state index contributed by atoms with van der Waals surface area (Å²) in [6, 6.07) is 9.17. The number of cyclic esters (lactones) is 1. The number of allylic oxidation sites excluding steroid dienone is 2. The second kappa shape index (κ2) is 7.81. The number of hydrogen-bond acceptors (Lipinski definition) is 3. The van der Waals surface area contributed by atoms with Gasteiger partial charge in [0.2, 0.25) is 0 Å². The molecule has 0 saturated carbocycles. The van der Waals surface area contributed by atoms with Crippen LogP contribution in [0.1, 0.15) is 32.3 Å². The number of amides is 1. The maximum Gasteiger partial charge on any atom is 0.405 e. The van der Waals surface area contributed by atoms with E-state index >= 15 is 0 Å². The van der Waals surface area contributed by atoms with E-state index in [0.29, 0.717) is 19.3 Å². The lowest BCUT2D eigenvalue weighted by molar-refractivity contribution is -0.145. The summed E-state index contributed by atoms with van der Waals surface area (Å²) >= 11 is 0. The predicted molar refractivity (Wildman–Crippen MR) is 87.1 cm³/mol. The molecule has 0 unspecified atom stereocenters. The van der Waals surface area contributed by atoms with Gasteiger partial charge in [0, 0.05) is 0 Å². The average Bonchev–Trinajstić information content (AvgIpc) is 2.86. The minimum absolute atomic E-state index is 0.191. The highest BCUT2D eigenvalue weighted by atomic mass is 16.6. The molecule has 0 radical (unpaired) electrons. The Kier molecular flexibility index (Phi) is 5.79. The molecule has 1 amide bonds. The molecule has 1 aliphatic heterocycles. The lowest BCUT2D eigenvalue weighted by atomic mass is 9.94. The molecule has 1 saturated heterocycles. The minimum atomic E-state index is -1.10. The highest BCUT2D eigenvalue weighted by Gasteiger charge is 2.38. The monoisotopic (exact) mass is 317 g/mol. The van der Waals surface area contributed by atoms with Gasteiger partial charge in [0.25, 0.3) is 0 Å². The van der Waals surface area contributed by atoms with E-state index in [1.165, 1.54) is 0 Å². The summed E-state index contributed by atoms with van der Waals surface area (Å²) in [5, 5.41) is 11.6. The number of ether oxygens (including phenoxy) is 1. The molecule has 1 aliphatic rings. The molecular weight excluding hydrogens is 294 g/mol. The summed E-state index contributed by atoms with van der Waals surface area (Å²) in [4.78, 5) is 23.1. The molecule has 5 nitrogen and oxygen atoms in total. The second-order valence-electron chi connectivity index (χ2n) is 6.17. The molecule has 0 aromatic heterocycles. The van der Waals surface area contributed by atoms with E-state index in [0.717, 1.165) is 11.1 Å². The molecule has 1 aromatic rings.